The zero-order chi connectivity index (χ0) is 17.8. The molecule has 126 valence electrons. The Balaban J connectivity index is 1.80. The molecule has 2 heterocycles. The number of rotatable bonds is 4. The number of carbonyl (C=O) groups excluding carboxylic acids is 2. The molecular weight excluding hydrogens is 343 g/mol. The van der Waals surface area contributed by atoms with Crippen LogP contribution in [0.25, 0.3) is 6.08 Å². The summed E-state index contributed by atoms with van der Waals surface area (Å²) in [5.41, 5.74) is 0.650. The number of benzene rings is 1. The maximum absolute atomic E-state index is 13.0. The number of hydrogen-bond acceptors (Lipinski definition) is 4. The van der Waals surface area contributed by atoms with Crippen LogP contribution in [0.1, 0.15) is 11.3 Å². The van der Waals surface area contributed by atoms with Crippen LogP contribution < -0.4 is 5.32 Å². The topological polar surface area (TPSA) is 62.6 Å². The smallest absolute Gasteiger partial charge is 0.265 e. The number of thiocarbonyl (C=S) groups is 1. The van der Waals surface area contributed by atoms with Gasteiger partial charge in [0.25, 0.3) is 11.8 Å². The summed E-state index contributed by atoms with van der Waals surface area (Å²) < 4.78 is 18.1. The van der Waals surface area contributed by atoms with E-state index in [2.05, 4.69) is 5.32 Å². The van der Waals surface area contributed by atoms with Crippen molar-refractivity contribution in [3.05, 3.63) is 77.5 Å². The van der Waals surface area contributed by atoms with Crippen LogP contribution >= 0.6 is 12.2 Å². The van der Waals surface area contributed by atoms with Crippen molar-refractivity contribution in [1.82, 2.24) is 10.2 Å². The second-order valence-electron chi connectivity index (χ2n) is 5.23. The Bertz CT molecular complexity index is 870. The van der Waals surface area contributed by atoms with Gasteiger partial charge in [-0.25, -0.2) is 4.39 Å². The molecular formula is C18H13FN2O3S. The normalized spacial score (nSPS) is 16.8. The van der Waals surface area contributed by atoms with Crippen molar-refractivity contribution in [3.8, 4) is 0 Å². The van der Waals surface area contributed by atoms with Gasteiger partial charge in [0.1, 0.15) is 17.2 Å². The van der Waals surface area contributed by atoms with Gasteiger partial charge in [-0.1, -0.05) is 18.2 Å². The number of nitrogens with one attached hydrogen (secondary N) is 1. The largest absolute Gasteiger partial charge is 0.465 e. The molecule has 7 heteroatoms. The summed E-state index contributed by atoms with van der Waals surface area (Å²) in [5, 5.41) is 2.50. The van der Waals surface area contributed by atoms with E-state index < -0.39 is 11.8 Å². The summed E-state index contributed by atoms with van der Waals surface area (Å²) in [6, 6.07) is 9.19. The van der Waals surface area contributed by atoms with E-state index in [0.717, 1.165) is 0 Å². The molecule has 5 nitrogen and oxygen atoms in total. The minimum atomic E-state index is -0.561. The molecule has 1 aliphatic heterocycles. The fraction of sp³-hybridized carbons (Fsp3) is 0.0556. The van der Waals surface area contributed by atoms with E-state index in [1.165, 1.54) is 29.4 Å². The fourth-order valence-corrected chi connectivity index (χ4v) is 2.50. The maximum atomic E-state index is 13.0. The van der Waals surface area contributed by atoms with Crippen LogP contribution in [0, 0.1) is 5.82 Å². The first-order chi connectivity index (χ1) is 12.0. The Morgan fingerprint density at radius 3 is 2.64 bits per heavy atom. The van der Waals surface area contributed by atoms with Crippen molar-refractivity contribution in [1.29, 1.82) is 0 Å². The fourth-order valence-electron chi connectivity index (χ4n) is 2.25. The SMILES string of the molecule is O=C1NC(=S)N(Cc2ccc(F)cc2)C(=O)/C1=C/C=C/c1ccco1. The van der Waals surface area contributed by atoms with E-state index in [1.54, 1.807) is 36.4 Å². The van der Waals surface area contributed by atoms with E-state index >= 15 is 0 Å². The molecule has 0 atom stereocenters. The lowest BCUT2D eigenvalue weighted by Gasteiger charge is -2.28. The monoisotopic (exact) mass is 356 g/mol. The predicted octanol–water partition coefficient (Wildman–Crippen LogP) is 2.80. The van der Waals surface area contributed by atoms with Crippen LogP contribution in [0.15, 0.2) is 64.8 Å². The van der Waals surface area contributed by atoms with Crippen LogP contribution in [-0.4, -0.2) is 21.8 Å². The molecule has 0 aliphatic carbocycles. The van der Waals surface area contributed by atoms with Gasteiger partial charge in [0.15, 0.2) is 5.11 Å². The molecule has 1 saturated heterocycles. The first-order valence-electron chi connectivity index (χ1n) is 7.38. The number of amides is 2. The lowest BCUT2D eigenvalue weighted by molar-refractivity contribution is -0.129. The van der Waals surface area contributed by atoms with Crippen LogP contribution in [0.3, 0.4) is 0 Å². The quantitative estimate of drug-likeness (QED) is 0.520. The molecule has 0 saturated carbocycles. The molecule has 0 radical (unpaired) electrons. The molecule has 2 aromatic rings. The lowest BCUT2D eigenvalue weighted by Crippen LogP contribution is -2.53. The van der Waals surface area contributed by atoms with Crippen molar-refractivity contribution in [2.45, 2.75) is 6.54 Å². The summed E-state index contributed by atoms with van der Waals surface area (Å²) in [6.45, 7) is 0.136. The number of carbonyl (C=O) groups is 2. The third kappa shape index (κ3) is 3.89. The first-order valence-corrected chi connectivity index (χ1v) is 7.79. The molecule has 1 aromatic carbocycles. The summed E-state index contributed by atoms with van der Waals surface area (Å²) >= 11 is 5.08. The van der Waals surface area contributed by atoms with Gasteiger partial charge >= 0.3 is 0 Å². The van der Waals surface area contributed by atoms with Gasteiger partial charge in [0.2, 0.25) is 0 Å². The number of allylic oxidation sites excluding steroid dienone is 2. The number of furan rings is 1. The van der Waals surface area contributed by atoms with Crippen molar-refractivity contribution in [2.75, 3.05) is 0 Å². The molecule has 1 N–H and O–H groups in total. The van der Waals surface area contributed by atoms with E-state index in [9.17, 15) is 14.0 Å². The van der Waals surface area contributed by atoms with Crippen molar-refractivity contribution >= 4 is 35.2 Å². The minimum Gasteiger partial charge on any atom is -0.465 e. The number of nitrogens with zero attached hydrogens (tertiary/aromatic N) is 1. The third-order valence-electron chi connectivity index (χ3n) is 3.51. The molecule has 25 heavy (non-hydrogen) atoms. The summed E-state index contributed by atoms with van der Waals surface area (Å²) in [5.74, 6) is -0.843. The molecule has 0 unspecified atom stereocenters. The molecule has 0 spiro atoms. The van der Waals surface area contributed by atoms with Crippen LogP contribution in [0.4, 0.5) is 4.39 Å². The maximum Gasteiger partial charge on any atom is 0.265 e. The molecule has 0 bridgehead atoms. The summed E-state index contributed by atoms with van der Waals surface area (Å²) in [6.07, 6.45) is 6.11. The van der Waals surface area contributed by atoms with E-state index in [0.29, 0.717) is 11.3 Å². The van der Waals surface area contributed by atoms with Gasteiger partial charge in [-0.05, 0) is 54.2 Å². The Morgan fingerprint density at radius 2 is 1.96 bits per heavy atom. The second kappa shape index (κ2) is 7.23. The Kier molecular flexibility index (Phi) is 4.85. The highest BCUT2D eigenvalue weighted by atomic mass is 32.1. The average Bonchev–Trinajstić information content (AvgIpc) is 3.09. The van der Waals surface area contributed by atoms with E-state index in [-0.39, 0.29) is 23.0 Å². The molecule has 1 fully saturated rings. The van der Waals surface area contributed by atoms with Gasteiger partial charge in [-0.15, -0.1) is 0 Å². The zero-order valence-corrected chi connectivity index (χ0v) is 13.8. The van der Waals surface area contributed by atoms with Gasteiger partial charge in [-0.2, -0.15) is 0 Å². The van der Waals surface area contributed by atoms with Crippen molar-refractivity contribution < 1.29 is 18.4 Å². The Labute approximate surface area is 148 Å². The lowest BCUT2D eigenvalue weighted by atomic mass is 10.1. The van der Waals surface area contributed by atoms with Crippen LogP contribution in [-0.2, 0) is 16.1 Å². The van der Waals surface area contributed by atoms with Crippen molar-refractivity contribution in [3.63, 3.8) is 0 Å². The van der Waals surface area contributed by atoms with E-state index in [1.807, 2.05) is 0 Å². The third-order valence-corrected chi connectivity index (χ3v) is 3.83. The first kappa shape index (κ1) is 16.8. The number of hydrogen-bond donors (Lipinski definition) is 1. The van der Waals surface area contributed by atoms with Gasteiger partial charge in [-0.3, -0.25) is 19.8 Å². The summed E-state index contributed by atoms with van der Waals surface area (Å²) in [4.78, 5) is 25.9. The van der Waals surface area contributed by atoms with Gasteiger partial charge in [0, 0.05) is 0 Å². The predicted molar refractivity (Wildman–Crippen MR) is 93.5 cm³/mol. The second-order valence-corrected chi connectivity index (χ2v) is 5.62. The molecule has 2 amide bonds. The number of halogens is 1. The highest BCUT2D eigenvalue weighted by Gasteiger charge is 2.32. The minimum absolute atomic E-state index is 0.0199. The highest BCUT2D eigenvalue weighted by molar-refractivity contribution is 7.80. The average molecular weight is 356 g/mol. The molecule has 3 rings (SSSR count). The van der Waals surface area contributed by atoms with Crippen LogP contribution in [0.2, 0.25) is 0 Å². The Morgan fingerprint density at radius 1 is 1.20 bits per heavy atom. The van der Waals surface area contributed by atoms with Crippen LogP contribution in [0.5, 0.6) is 0 Å². The van der Waals surface area contributed by atoms with Gasteiger partial charge < -0.3 is 4.42 Å². The highest BCUT2D eigenvalue weighted by Crippen LogP contribution is 2.15. The molecule has 1 aliphatic rings. The summed E-state index contributed by atoms with van der Waals surface area (Å²) in [7, 11) is 0. The zero-order valence-electron chi connectivity index (χ0n) is 12.9. The Hall–Kier alpha value is -3.06. The standard InChI is InChI=1S/C18H13FN2O3S/c19-13-8-6-12(7-9-13)11-21-17(23)15(16(22)20-18(21)25)5-1-3-14-4-2-10-24-14/h1-10H,11H2,(H,20,22,25)/b3-1+,15-5+. The molecule has 1 aromatic heterocycles. The van der Waals surface area contributed by atoms with Gasteiger partial charge in [0.05, 0.1) is 12.8 Å². The van der Waals surface area contributed by atoms with Crippen molar-refractivity contribution in [2.24, 2.45) is 0 Å². The van der Waals surface area contributed by atoms with E-state index in [4.69, 9.17) is 16.6 Å².